The highest BCUT2D eigenvalue weighted by molar-refractivity contribution is 5.73. The fraction of sp³-hybridized carbons (Fsp3) is 0.462. The summed E-state index contributed by atoms with van der Waals surface area (Å²) in [4.78, 5) is 13.2. The summed E-state index contributed by atoms with van der Waals surface area (Å²) in [6.45, 7) is 2.02. The van der Waals surface area contributed by atoms with Crippen molar-refractivity contribution in [2.75, 3.05) is 21.2 Å². The third kappa shape index (κ3) is 3.37. The van der Waals surface area contributed by atoms with Gasteiger partial charge in [0, 0.05) is 20.1 Å². The van der Waals surface area contributed by atoms with Crippen molar-refractivity contribution in [2.24, 2.45) is 0 Å². The molecule has 4 nitrogen and oxygen atoms in total. The van der Waals surface area contributed by atoms with Gasteiger partial charge in [-0.25, -0.2) is 4.79 Å². The molecule has 1 N–H and O–H groups in total. The fourth-order valence-electron chi connectivity index (χ4n) is 1.70. The van der Waals surface area contributed by atoms with Gasteiger partial charge in [-0.15, -0.1) is 0 Å². The molecule has 1 aromatic carbocycles. The Morgan fingerprint density at radius 1 is 1.47 bits per heavy atom. The molecule has 1 rings (SSSR count). The highest BCUT2D eigenvalue weighted by Crippen LogP contribution is 2.20. The first-order valence-corrected chi connectivity index (χ1v) is 5.66. The van der Waals surface area contributed by atoms with Gasteiger partial charge in [0.25, 0.3) is 0 Å². The van der Waals surface area contributed by atoms with E-state index in [-0.39, 0.29) is 12.1 Å². The Balaban J connectivity index is 2.73. The molecule has 0 aromatic heterocycles. The lowest BCUT2D eigenvalue weighted by Gasteiger charge is -2.25. The van der Waals surface area contributed by atoms with Gasteiger partial charge in [-0.1, -0.05) is 18.2 Å². The Labute approximate surface area is 103 Å². The van der Waals surface area contributed by atoms with Gasteiger partial charge in [-0.2, -0.15) is 0 Å². The summed E-state index contributed by atoms with van der Waals surface area (Å²) in [5.41, 5.74) is 1.11. The van der Waals surface area contributed by atoms with E-state index >= 15 is 0 Å². The van der Waals surface area contributed by atoms with Crippen LogP contribution in [0.2, 0.25) is 0 Å². The summed E-state index contributed by atoms with van der Waals surface area (Å²) >= 11 is 0. The molecule has 0 spiro atoms. The van der Waals surface area contributed by atoms with Crippen LogP contribution in [0.3, 0.4) is 0 Å². The second-order valence-electron chi connectivity index (χ2n) is 4.03. The van der Waals surface area contributed by atoms with Gasteiger partial charge in [-0.05, 0) is 25.0 Å². The fourth-order valence-corrected chi connectivity index (χ4v) is 1.70. The largest absolute Gasteiger partial charge is 0.496 e. The number of hydrogen-bond acceptors (Lipinski definition) is 2. The smallest absolute Gasteiger partial charge is 0.317 e. The number of nitrogens with zero attached hydrogens (tertiary/aromatic N) is 1. The van der Waals surface area contributed by atoms with Crippen LogP contribution in [0.1, 0.15) is 12.5 Å². The predicted molar refractivity (Wildman–Crippen MR) is 68.4 cm³/mol. The molecule has 1 aromatic rings. The molecule has 0 heterocycles. The lowest BCUT2D eigenvalue weighted by Crippen LogP contribution is -2.41. The number of rotatable bonds is 4. The minimum Gasteiger partial charge on any atom is -0.496 e. The van der Waals surface area contributed by atoms with Crippen LogP contribution in [-0.4, -0.2) is 38.2 Å². The normalized spacial score (nSPS) is 11.8. The standard InChI is InChI=1S/C13H20N2O2/c1-10(15(3)13(16)14-2)9-11-7-5-6-8-12(11)17-4/h5-8,10H,9H2,1-4H3,(H,14,16). The Morgan fingerprint density at radius 3 is 2.71 bits per heavy atom. The van der Waals surface area contributed by atoms with Crippen molar-refractivity contribution < 1.29 is 9.53 Å². The molecule has 0 bridgehead atoms. The van der Waals surface area contributed by atoms with Crippen LogP contribution >= 0.6 is 0 Å². The van der Waals surface area contributed by atoms with Crippen molar-refractivity contribution in [1.29, 1.82) is 0 Å². The van der Waals surface area contributed by atoms with E-state index in [4.69, 9.17) is 4.74 Å². The van der Waals surface area contributed by atoms with Crippen molar-refractivity contribution in [2.45, 2.75) is 19.4 Å². The molecular formula is C13H20N2O2. The van der Waals surface area contributed by atoms with E-state index in [1.807, 2.05) is 31.2 Å². The van der Waals surface area contributed by atoms with E-state index < -0.39 is 0 Å². The zero-order valence-electron chi connectivity index (χ0n) is 10.9. The zero-order chi connectivity index (χ0) is 12.8. The predicted octanol–water partition coefficient (Wildman–Crippen LogP) is 1.90. The lowest BCUT2D eigenvalue weighted by molar-refractivity contribution is 0.195. The van der Waals surface area contributed by atoms with Crippen LogP contribution in [0.5, 0.6) is 5.75 Å². The second-order valence-corrected chi connectivity index (χ2v) is 4.03. The Kier molecular flexibility index (Phi) is 4.82. The minimum absolute atomic E-state index is 0.0765. The molecule has 0 fully saturated rings. The highest BCUT2D eigenvalue weighted by atomic mass is 16.5. The topological polar surface area (TPSA) is 41.6 Å². The maximum Gasteiger partial charge on any atom is 0.317 e. The third-order valence-corrected chi connectivity index (χ3v) is 2.90. The number of carbonyl (C=O) groups is 1. The van der Waals surface area contributed by atoms with Crippen LogP contribution in [0, 0.1) is 0 Å². The van der Waals surface area contributed by atoms with Crippen molar-refractivity contribution in [3.63, 3.8) is 0 Å². The highest BCUT2D eigenvalue weighted by Gasteiger charge is 2.16. The molecule has 0 saturated heterocycles. The van der Waals surface area contributed by atoms with Crippen molar-refractivity contribution in [3.8, 4) is 5.75 Å². The van der Waals surface area contributed by atoms with Gasteiger partial charge in [0.2, 0.25) is 0 Å². The quantitative estimate of drug-likeness (QED) is 0.867. The van der Waals surface area contributed by atoms with E-state index in [1.54, 1.807) is 26.1 Å². The van der Waals surface area contributed by atoms with E-state index in [0.29, 0.717) is 0 Å². The number of ether oxygens (including phenoxy) is 1. The Morgan fingerprint density at radius 2 is 2.12 bits per heavy atom. The van der Waals surface area contributed by atoms with Crippen LogP contribution in [0.4, 0.5) is 4.79 Å². The van der Waals surface area contributed by atoms with Gasteiger partial charge < -0.3 is 15.0 Å². The molecule has 0 radical (unpaired) electrons. The molecule has 1 atom stereocenters. The molecule has 0 aliphatic heterocycles. The molecule has 0 saturated carbocycles. The average molecular weight is 236 g/mol. The molecule has 0 aliphatic carbocycles. The molecule has 17 heavy (non-hydrogen) atoms. The van der Waals surface area contributed by atoms with Crippen LogP contribution in [0.25, 0.3) is 0 Å². The number of likely N-dealkylation sites (N-methyl/N-ethyl adjacent to an activating group) is 1. The summed E-state index contributed by atoms with van der Waals surface area (Å²) < 4.78 is 5.29. The third-order valence-electron chi connectivity index (χ3n) is 2.90. The summed E-state index contributed by atoms with van der Waals surface area (Å²) in [5, 5.41) is 2.62. The number of benzene rings is 1. The minimum atomic E-state index is -0.0765. The number of amides is 2. The van der Waals surface area contributed by atoms with E-state index in [1.165, 1.54) is 0 Å². The second kappa shape index (κ2) is 6.13. The summed E-state index contributed by atoms with van der Waals surface area (Å²) in [5.74, 6) is 0.865. The molecular weight excluding hydrogens is 216 g/mol. The Hall–Kier alpha value is -1.71. The van der Waals surface area contributed by atoms with Gasteiger partial charge in [0.05, 0.1) is 7.11 Å². The molecule has 4 heteroatoms. The summed E-state index contributed by atoms with van der Waals surface area (Å²) in [7, 11) is 5.08. The first-order valence-electron chi connectivity index (χ1n) is 5.66. The lowest BCUT2D eigenvalue weighted by atomic mass is 10.1. The van der Waals surface area contributed by atoms with Crippen LogP contribution in [-0.2, 0) is 6.42 Å². The number of para-hydroxylation sites is 1. The Bertz CT molecular complexity index is 379. The van der Waals surface area contributed by atoms with E-state index in [2.05, 4.69) is 5.32 Å². The van der Waals surface area contributed by atoms with E-state index in [0.717, 1.165) is 17.7 Å². The van der Waals surface area contributed by atoms with Crippen molar-refractivity contribution in [3.05, 3.63) is 29.8 Å². The van der Waals surface area contributed by atoms with Crippen molar-refractivity contribution >= 4 is 6.03 Å². The van der Waals surface area contributed by atoms with Gasteiger partial charge in [0.15, 0.2) is 0 Å². The maximum absolute atomic E-state index is 11.5. The maximum atomic E-state index is 11.5. The first-order chi connectivity index (χ1) is 8.10. The first kappa shape index (κ1) is 13.4. The number of methoxy groups -OCH3 is 1. The number of nitrogens with one attached hydrogen (secondary N) is 1. The van der Waals surface area contributed by atoms with Gasteiger partial charge >= 0.3 is 6.03 Å². The molecule has 0 aliphatic rings. The zero-order valence-corrected chi connectivity index (χ0v) is 10.9. The van der Waals surface area contributed by atoms with Crippen LogP contribution < -0.4 is 10.1 Å². The van der Waals surface area contributed by atoms with E-state index in [9.17, 15) is 4.79 Å². The monoisotopic (exact) mass is 236 g/mol. The summed E-state index contributed by atoms with van der Waals surface area (Å²) in [6, 6.07) is 7.91. The average Bonchev–Trinajstić information content (AvgIpc) is 2.37. The molecule has 2 amide bonds. The summed E-state index contributed by atoms with van der Waals surface area (Å²) in [6.07, 6.45) is 0.772. The van der Waals surface area contributed by atoms with Crippen LogP contribution in [0.15, 0.2) is 24.3 Å². The molecule has 94 valence electrons. The SMILES string of the molecule is CNC(=O)N(C)C(C)Cc1ccccc1OC. The van der Waals surface area contributed by atoms with Gasteiger partial charge in [0.1, 0.15) is 5.75 Å². The van der Waals surface area contributed by atoms with Gasteiger partial charge in [-0.3, -0.25) is 0 Å². The molecule has 1 unspecified atom stereocenters. The number of carbonyl (C=O) groups excluding carboxylic acids is 1. The number of urea groups is 1. The number of hydrogen-bond donors (Lipinski definition) is 1. The van der Waals surface area contributed by atoms with Crippen molar-refractivity contribution in [1.82, 2.24) is 10.2 Å².